The topological polar surface area (TPSA) is 61.4 Å². The van der Waals surface area contributed by atoms with E-state index >= 15 is 0 Å². The number of phenols is 1. The maximum atomic E-state index is 13.2. The zero-order valence-corrected chi connectivity index (χ0v) is 13.2. The van der Waals surface area contributed by atoms with E-state index < -0.39 is 11.7 Å². The lowest BCUT2D eigenvalue weighted by molar-refractivity contribution is 0.0977. The van der Waals surface area contributed by atoms with Crippen LogP contribution >= 0.6 is 12.2 Å². The second-order valence-corrected chi connectivity index (χ2v) is 5.51. The van der Waals surface area contributed by atoms with E-state index in [1.54, 1.807) is 12.1 Å². The van der Waals surface area contributed by atoms with E-state index in [0.29, 0.717) is 5.69 Å². The number of carbonyl (C=O) groups is 1. The van der Waals surface area contributed by atoms with Crippen LogP contribution in [-0.2, 0) is 0 Å². The van der Waals surface area contributed by atoms with Crippen molar-refractivity contribution < 1.29 is 14.3 Å². The lowest BCUT2D eigenvalue weighted by Gasteiger charge is -2.13. The van der Waals surface area contributed by atoms with Gasteiger partial charge in [-0.25, -0.2) is 4.39 Å². The predicted molar refractivity (Wildman–Crippen MR) is 95.7 cm³/mol. The molecule has 3 N–H and O–H groups in total. The molecule has 0 saturated heterocycles. The number of nitrogens with one attached hydrogen (secondary N) is 2. The van der Waals surface area contributed by atoms with Crippen LogP contribution in [0.15, 0.2) is 60.7 Å². The van der Waals surface area contributed by atoms with Gasteiger partial charge in [0.2, 0.25) is 0 Å². The number of carbonyl (C=O) groups excluding carboxylic acids is 1. The molecule has 24 heavy (non-hydrogen) atoms. The Balaban J connectivity index is 1.80. The van der Waals surface area contributed by atoms with Crippen molar-refractivity contribution in [3.05, 3.63) is 72.0 Å². The van der Waals surface area contributed by atoms with Gasteiger partial charge in [0.15, 0.2) is 5.11 Å². The summed E-state index contributed by atoms with van der Waals surface area (Å²) in [5.41, 5.74) is 0.555. The van der Waals surface area contributed by atoms with Gasteiger partial charge in [-0.3, -0.25) is 10.1 Å². The zero-order chi connectivity index (χ0) is 17.1. The molecule has 0 aliphatic rings. The second-order valence-electron chi connectivity index (χ2n) is 5.10. The molecule has 0 bridgehead atoms. The van der Waals surface area contributed by atoms with Gasteiger partial charge in [-0.05, 0) is 41.9 Å². The number of rotatable bonds is 2. The van der Waals surface area contributed by atoms with E-state index in [1.165, 1.54) is 18.2 Å². The number of benzene rings is 3. The Morgan fingerprint density at radius 1 is 1.04 bits per heavy atom. The van der Waals surface area contributed by atoms with Crippen molar-refractivity contribution in [3.63, 3.8) is 0 Å². The van der Waals surface area contributed by atoms with Gasteiger partial charge in [0.1, 0.15) is 11.6 Å². The summed E-state index contributed by atoms with van der Waals surface area (Å²) >= 11 is 5.12. The van der Waals surface area contributed by atoms with Crippen LogP contribution in [0, 0.1) is 5.82 Å². The molecule has 6 heteroatoms. The molecule has 0 aliphatic carbocycles. The van der Waals surface area contributed by atoms with E-state index in [2.05, 4.69) is 10.6 Å². The minimum Gasteiger partial charge on any atom is -0.506 e. The molecule has 1 amide bonds. The molecule has 0 aromatic heterocycles. The summed E-state index contributed by atoms with van der Waals surface area (Å²) in [6.45, 7) is 0. The summed E-state index contributed by atoms with van der Waals surface area (Å²) < 4.78 is 13.2. The van der Waals surface area contributed by atoms with E-state index in [-0.39, 0.29) is 16.4 Å². The van der Waals surface area contributed by atoms with Crippen LogP contribution in [0.2, 0.25) is 0 Å². The number of anilines is 1. The van der Waals surface area contributed by atoms with E-state index in [1.807, 2.05) is 24.3 Å². The van der Waals surface area contributed by atoms with Gasteiger partial charge in [0.25, 0.3) is 5.91 Å². The van der Waals surface area contributed by atoms with E-state index in [9.17, 15) is 14.3 Å². The number of halogens is 1. The molecule has 3 rings (SSSR count). The van der Waals surface area contributed by atoms with Gasteiger partial charge in [-0.15, -0.1) is 0 Å². The minimum atomic E-state index is -0.535. The van der Waals surface area contributed by atoms with Crippen LogP contribution in [0.5, 0.6) is 5.75 Å². The van der Waals surface area contributed by atoms with E-state index in [4.69, 9.17) is 12.2 Å². The molecule has 3 aromatic rings. The third kappa shape index (κ3) is 3.33. The van der Waals surface area contributed by atoms with Gasteiger partial charge in [0, 0.05) is 10.9 Å². The molecule has 3 aromatic carbocycles. The SMILES string of the molecule is O=C(NC(=S)Nc1c(O)ccc2ccccc12)c1cccc(F)c1. The quantitative estimate of drug-likeness (QED) is 0.490. The Bertz CT molecular complexity index is 943. The molecule has 0 unspecified atom stereocenters. The van der Waals surface area contributed by atoms with Crippen LogP contribution in [0.25, 0.3) is 10.8 Å². The summed E-state index contributed by atoms with van der Waals surface area (Å²) in [5.74, 6) is -1.03. The molecule has 4 nitrogen and oxygen atoms in total. The lowest BCUT2D eigenvalue weighted by Crippen LogP contribution is -2.34. The number of thiocarbonyl (C=S) groups is 1. The van der Waals surface area contributed by atoms with Gasteiger partial charge in [-0.2, -0.15) is 0 Å². The number of amides is 1. The molecule has 0 fully saturated rings. The molecule has 0 heterocycles. The zero-order valence-electron chi connectivity index (χ0n) is 12.4. The molecular weight excluding hydrogens is 327 g/mol. The average molecular weight is 340 g/mol. The highest BCUT2D eigenvalue weighted by Gasteiger charge is 2.12. The smallest absolute Gasteiger partial charge is 0.257 e. The fourth-order valence-electron chi connectivity index (χ4n) is 2.34. The number of hydrogen-bond acceptors (Lipinski definition) is 3. The highest BCUT2D eigenvalue weighted by Crippen LogP contribution is 2.32. The summed E-state index contributed by atoms with van der Waals surface area (Å²) in [7, 11) is 0. The van der Waals surface area contributed by atoms with Crippen molar-refractivity contribution >= 4 is 39.7 Å². The van der Waals surface area contributed by atoms with Crippen molar-refractivity contribution in [1.82, 2.24) is 5.32 Å². The Kier molecular flexibility index (Phi) is 4.39. The minimum absolute atomic E-state index is 0.0101. The van der Waals surface area contributed by atoms with Crippen LogP contribution in [0.3, 0.4) is 0 Å². The standard InChI is InChI=1S/C18H13FN2O2S/c19-13-6-3-5-12(10-13)17(23)21-18(24)20-16-14-7-2-1-4-11(14)8-9-15(16)22/h1-10,22H,(H2,20,21,23,24). The summed E-state index contributed by atoms with van der Waals surface area (Å²) in [6.07, 6.45) is 0. The molecule has 120 valence electrons. The third-order valence-electron chi connectivity index (χ3n) is 3.46. The Hall–Kier alpha value is -2.99. The monoisotopic (exact) mass is 340 g/mol. The summed E-state index contributed by atoms with van der Waals surface area (Å²) in [5, 5.41) is 17.0. The molecular formula is C18H13FN2O2S. The van der Waals surface area contributed by atoms with Crippen molar-refractivity contribution in [2.75, 3.05) is 5.32 Å². The van der Waals surface area contributed by atoms with Gasteiger partial charge >= 0.3 is 0 Å². The molecule has 0 aliphatic heterocycles. The number of phenolic OH excluding ortho intramolecular Hbond substituents is 1. The van der Waals surface area contributed by atoms with Crippen molar-refractivity contribution in [1.29, 1.82) is 0 Å². The summed E-state index contributed by atoms with van der Waals surface area (Å²) in [6, 6.07) is 16.1. The number of hydrogen-bond donors (Lipinski definition) is 3. The number of fused-ring (bicyclic) bond motifs is 1. The van der Waals surface area contributed by atoms with Crippen LogP contribution in [0.1, 0.15) is 10.4 Å². The molecule has 0 atom stereocenters. The fourth-order valence-corrected chi connectivity index (χ4v) is 2.54. The van der Waals surface area contributed by atoms with Gasteiger partial charge in [-0.1, -0.05) is 36.4 Å². The molecule has 0 spiro atoms. The lowest BCUT2D eigenvalue weighted by atomic mass is 10.1. The van der Waals surface area contributed by atoms with Gasteiger partial charge in [0.05, 0.1) is 5.69 Å². The van der Waals surface area contributed by atoms with E-state index in [0.717, 1.165) is 16.8 Å². The average Bonchev–Trinajstić information content (AvgIpc) is 2.57. The highest BCUT2D eigenvalue weighted by molar-refractivity contribution is 7.80. The predicted octanol–water partition coefficient (Wildman–Crippen LogP) is 3.81. The largest absolute Gasteiger partial charge is 0.506 e. The first-order valence-corrected chi connectivity index (χ1v) is 7.54. The first kappa shape index (κ1) is 15.9. The number of aromatic hydroxyl groups is 1. The summed E-state index contributed by atoms with van der Waals surface area (Å²) in [4.78, 5) is 12.1. The third-order valence-corrected chi connectivity index (χ3v) is 3.66. The van der Waals surface area contributed by atoms with Crippen LogP contribution in [-0.4, -0.2) is 16.1 Å². The molecule has 0 saturated carbocycles. The second kappa shape index (κ2) is 6.64. The Morgan fingerprint density at radius 2 is 1.83 bits per heavy atom. The van der Waals surface area contributed by atoms with Crippen LogP contribution < -0.4 is 10.6 Å². The first-order chi connectivity index (χ1) is 11.5. The van der Waals surface area contributed by atoms with Crippen LogP contribution in [0.4, 0.5) is 10.1 Å². The highest BCUT2D eigenvalue weighted by atomic mass is 32.1. The normalized spacial score (nSPS) is 10.4. The Labute approximate surface area is 142 Å². The van der Waals surface area contributed by atoms with Crippen molar-refractivity contribution in [2.24, 2.45) is 0 Å². The molecule has 0 radical (unpaired) electrons. The van der Waals surface area contributed by atoms with Crippen molar-refractivity contribution in [3.8, 4) is 5.75 Å². The van der Waals surface area contributed by atoms with Crippen molar-refractivity contribution in [2.45, 2.75) is 0 Å². The van der Waals surface area contributed by atoms with Gasteiger partial charge < -0.3 is 10.4 Å². The fraction of sp³-hybridized carbons (Fsp3) is 0. The maximum absolute atomic E-state index is 13.2. The maximum Gasteiger partial charge on any atom is 0.257 e. The first-order valence-electron chi connectivity index (χ1n) is 7.13. The Morgan fingerprint density at radius 3 is 2.62 bits per heavy atom.